The average Bonchev–Trinajstić information content (AvgIpc) is 2.58. The maximum atomic E-state index is 12.3. The highest BCUT2D eigenvalue weighted by atomic mass is 32.2. The predicted molar refractivity (Wildman–Crippen MR) is 101 cm³/mol. The van der Waals surface area contributed by atoms with Gasteiger partial charge in [0.15, 0.2) is 16.6 Å². The summed E-state index contributed by atoms with van der Waals surface area (Å²) in [6.45, 7) is 4.24. The fraction of sp³-hybridized carbons (Fsp3) is 0.235. The molecule has 4 N–H and O–H groups in total. The van der Waals surface area contributed by atoms with Crippen molar-refractivity contribution in [1.29, 1.82) is 0 Å². The Morgan fingerprint density at radius 1 is 1.15 bits per heavy atom. The molecule has 0 saturated carbocycles. The van der Waals surface area contributed by atoms with E-state index in [-0.39, 0.29) is 22.5 Å². The minimum absolute atomic E-state index is 0.0289. The molecule has 27 heavy (non-hydrogen) atoms. The number of nitrogens with zero attached hydrogens (tertiary/aromatic N) is 1. The van der Waals surface area contributed by atoms with Crippen molar-refractivity contribution in [2.24, 2.45) is 0 Å². The number of carbonyl (C=O) groups excluding carboxylic acids is 3. The molecular weight excluding hydrogens is 372 g/mol. The van der Waals surface area contributed by atoms with Crippen LogP contribution in [0.3, 0.4) is 0 Å². The summed E-state index contributed by atoms with van der Waals surface area (Å²) in [5.41, 5.74) is -0.0307. The number of aromatic nitrogens is 2. The Morgan fingerprint density at radius 2 is 1.78 bits per heavy atom. The third-order valence-electron chi connectivity index (χ3n) is 3.40. The Labute approximate surface area is 158 Å². The number of carbonyl (C=O) groups is 3. The molecule has 142 valence electrons. The van der Waals surface area contributed by atoms with Crippen molar-refractivity contribution >= 4 is 40.7 Å². The Kier molecular flexibility index (Phi) is 6.35. The van der Waals surface area contributed by atoms with Crippen LogP contribution in [0.1, 0.15) is 31.1 Å². The molecule has 0 aliphatic rings. The summed E-state index contributed by atoms with van der Waals surface area (Å²) in [6, 6.07) is 6.43. The number of amides is 2. The number of anilines is 2. The molecule has 2 rings (SSSR count). The number of hydrogen-bond donors (Lipinski definition) is 4. The Hall–Kier alpha value is -3.14. The molecule has 0 saturated heterocycles. The van der Waals surface area contributed by atoms with Crippen LogP contribution in [-0.2, 0) is 9.59 Å². The summed E-state index contributed by atoms with van der Waals surface area (Å²) in [6.07, 6.45) is 0. The fourth-order valence-corrected chi connectivity index (χ4v) is 2.83. The lowest BCUT2D eigenvalue weighted by Gasteiger charge is -2.12. The van der Waals surface area contributed by atoms with Gasteiger partial charge in [-0.1, -0.05) is 11.8 Å². The zero-order chi connectivity index (χ0) is 20.1. The van der Waals surface area contributed by atoms with E-state index in [9.17, 15) is 24.3 Å². The first-order valence-electron chi connectivity index (χ1n) is 7.86. The van der Waals surface area contributed by atoms with E-state index in [1.807, 2.05) is 0 Å². The van der Waals surface area contributed by atoms with Crippen molar-refractivity contribution in [3.8, 4) is 5.88 Å². The Morgan fingerprint density at radius 3 is 2.30 bits per heavy atom. The first-order valence-corrected chi connectivity index (χ1v) is 8.74. The molecule has 0 radical (unpaired) electrons. The quantitative estimate of drug-likeness (QED) is 0.334. The highest BCUT2D eigenvalue weighted by Gasteiger charge is 2.19. The molecule has 1 aromatic heterocycles. The first-order chi connectivity index (χ1) is 12.7. The Bertz CT molecular complexity index is 939. The van der Waals surface area contributed by atoms with Crippen LogP contribution in [0.2, 0.25) is 0 Å². The van der Waals surface area contributed by atoms with Crippen LogP contribution < -0.4 is 16.2 Å². The van der Waals surface area contributed by atoms with Crippen molar-refractivity contribution in [1.82, 2.24) is 9.97 Å². The Balaban J connectivity index is 2.06. The molecule has 0 fully saturated rings. The van der Waals surface area contributed by atoms with Gasteiger partial charge in [0.2, 0.25) is 17.7 Å². The van der Waals surface area contributed by atoms with Gasteiger partial charge in [0.1, 0.15) is 0 Å². The molecule has 2 amide bonds. The number of benzene rings is 1. The number of nitrogens with one attached hydrogen (secondary N) is 3. The third-order valence-corrected chi connectivity index (χ3v) is 4.38. The third kappa shape index (κ3) is 5.42. The highest BCUT2D eigenvalue weighted by Crippen LogP contribution is 2.24. The van der Waals surface area contributed by atoms with Gasteiger partial charge in [-0.2, -0.15) is 4.98 Å². The number of aromatic amines is 1. The molecule has 2 aromatic rings. The average molecular weight is 390 g/mol. The van der Waals surface area contributed by atoms with Gasteiger partial charge < -0.3 is 15.7 Å². The van der Waals surface area contributed by atoms with Crippen molar-refractivity contribution in [3.05, 3.63) is 40.2 Å². The summed E-state index contributed by atoms with van der Waals surface area (Å²) >= 11 is 0.929. The highest BCUT2D eigenvalue weighted by molar-refractivity contribution is 8.00. The smallest absolute Gasteiger partial charge is 0.279 e. The SMILES string of the molecule is CC(=O)Nc1c(O)nc(S[C@@H](C)C(=O)Nc2ccc(C(C)=O)cc2)[nH]c1=O. The second-order valence-electron chi connectivity index (χ2n) is 5.63. The number of Topliss-reactive ketones (excluding diaryl/α,β-unsaturated/α-hetero) is 1. The van der Waals surface area contributed by atoms with Gasteiger partial charge in [-0.3, -0.25) is 24.2 Å². The maximum Gasteiger partial charge on any atom is 0.279 e. The van der Waals surface area contributed by atoms with E-state index in [1.165, 1.54) is 13.8 Å². The maximum absolute atomic E-state index is 12.3. The van der Waals surface area contributed by atoms with E-state index in [0.29, 0.717) is 11.3 Å². The zero-order valence-electron chi connectivity index (χ0n) is 14.8. The van der Waals surface area contributed by atoms with Crippen LogP contribution in [0.5, 0.6) is 5.88 Å². The van der Waals surface area contributed by atoms with E-state index in [2.05, 4.69) is 20.6 Å². The second kappa shape index (κ2) is 8.49. The lowest BCUT2D eigenvalue weighted by molar-refractivity contribution is -0.115. The van der Waals surface area contributed by atoms with E-state index in [1.54, 1.807) is 31.2 Å². The monoisotopic (exact) mass is 390 g/mol. The first kappa shape index (κ1) is 20.2. The van der Waals surface area contributed by atoms with Crippen LogP contribution in [-0.4, -0.2) is 37.9 Å². The zero-order valence-corrected chi connectivity index (χ0v) is 15.6. The van der Waals surface area contributed by atoms with Gasteiger partial charge in [-0.05, 0) is 38.1 Å². The molecule has 0 aliphatic carbocycles. The van der Waals surface area contributed by atoms with E-state index >= 15 is 0 Å². The normalized spacial score (nSPS) is 11.5. The van der Waals surface area contributed by atoms with Crippen molar-refractivity contribution < 1.29 is 19.5 Å². The topological polar surface area (TPSA) is 141 Å². The summed E-state index contributed by atoms with van der Waals surface area (Å²) in [5, 5.41) is 14.0. The molecule has 1 heterocycles. The lowest BCUT2D eigenvalue weighted by Crippen LogP contribution is -2.24. The predicted octanol–water partition coefficient (Wildman–Crippen LogP) is 1.76. The standard InChI is InChI=1S/C17H18N4O5S/c1-8(22)11-4-6-12(7-5-11)19-14(24)9(2)27-17-20-15(25)13(16(26)21-17)18-10(3)23/h4-7,9H,1-3H3,(H,18,23)(H,19,24)(H2,20,21,25,26)/t9-/m0/s1. The number of ketones is 1. The van der Waals surface area contributed by atoms with Gasteiger partial charge in [-0.15, -0.1) is 0 Å². The number of rotatable bonds is 6. The summed E-state index contributed by atoms with van der Waals surface area (Å²) in [7, 11) is 0. The molecule has 0 bridgehead atoms. The minimum Gasteiger partial charge on any atom is -0.492 e. The number of H-pyrrole nitrogens is 1. The van der Waals surface area contributed by atoms with Crippen molar-refractivity contribution in [2.75, 3.05) is 10.6 Å². The van der Waals surface area contributed by atoms with Crippen LogP contribution in [0.4, 0.5) is 11.4 Å². The molecule has 0 aliphatic heterocycles. The fourth-order valence-electron chi connectivity index (χ4n) is 2.04. The number of thioether (sulfide) groups is 1. The molecular formula is C17H18N4O5S. The van der Waals surface area contributed by atoms with Crippen molar-refractivity contribution in [2.45, 2.75) is 31.2 Å². The molecule has 1 atom stereocenters. The van der Waals surface area contributed by atoms with Gasteiger partial charge >= 0.3 is 0 Å². The lowest BCUT2D eigenvalue weighted by atomic mass is 10.1. The van der Waals surface area contributed by atoms with E-state index < -0.39 is 22.6 Å². The van der Waals surface area contributed by atoms with Gasteiger partial charge in [-0.25, -0.2) is 0 Å². The number of aromatic hydroxyl groups is 1. The van der Waals surface area contributed by atoms with Crippen LogP contribution >= 0.6 is 11.8 Å². The molecule has 9 nitrogen and oxygen atoms in total. The van der Waals surface area contributed by atoms with Gasteiger partial charge in [0, 0.05) is 18.2 Å². The molecule has 1 aromatic carbocycles. The second-order valence-corrected chi connectivity index (χ2v) is 6.96. The summed E-state index contributed by atoms with van der Waals surface area (Å²) in [5.74, 6) is -1.59. The van der Waals surface area contributed by atoms with Crippen LogP contribution in [0.25, 0.3) is 0 Å². The van der Waals surface area contributed by atoms with Gasteiger partial charge in [0.25, 0.3) is 5.56 Å². The molecule has 0 unspecified atom stereocenters. The molecule has 0 spiro atoms. The van der Waals surface area contributed by atoms with E-state index in [4.69, 9.17) is 0 Å². The van der Waals surface area contributed by atoms with Gasteiger partial charge in [0.05, 0.1) is 5.25 Å². The largest absolute Gasteiger partial charge is 0.492 e. The van der Waals surface area contributed by atoms with Crippen LogP contribution in [0, 0.1) is 0 Å². The molecule has 10 heteroatoms. The summed E-state index contributed by atoms with van der Waals surface area (Å²) in [4.78, 5) is 52.6. The number of hydrogen-bond acceptors (Lipinski definition) is 7. The van der Waals surface area contributed by atoms with Crippen LogP contribution in [0.15, 0.2) is 34.2 Å². The minimum atomic E-state index is -0.729. The summed E-state index contributed by atoms with van der Waals surface area (Å²) < 4.78 is 0. The van der Waals surface area contributed by atoms with E-state index in [0.717, 1.165) is 11.8 Å². The van der Waals surface area contributed by atoms with Crippen molar-refractivity contribution in [3.63, 3.8) is 0 Å².